The molecule has 0 aliphatic rings. The van der Waals surface area contributed by atoms with Crippen molar-refractivity contribution >= 4 is 33.2 Å². The Morgan fingerprint density at radius 3 is 2.69 bits per heavy atom. The molecule has 16 heavy (non-hydrogen) atoms. The maximum atomic E-state index is 10.6. The van der Waals surface area contributed by atoms with Crippen LogP contribution in [0.15, 0.2) is 12.4 Å². The van der Waals surface area contributed by atoms with Gasteiger partial charge in [-0.05, 0) is 0 Å². The molecule has 0 aromatic carbocycles. The molecule has 0 fully saturated rings. The maximum absolute atomic E-state index is 10.6. The Morgan fingerprint density at radius 1 is 1.56 bits per heavy atom. The van der Waals surface area contributed by atoms with E-state index < -0.39 is 22.8 Å². The van der Waals surface area contributed by atoms with Crippen molar-refractivity contribution in [3.63, 3.8) is 0 Å². The molecule has 2 atom stereocenters. The van der Waals surface area contributed by atoms with E-state index in [0.717, 1.165) is 6.20 Å². The molecule has 1 aromatic rings. The molecule has 2 unspecified atom stereocenters. The van der Waals surface area contributed by atoms with Gasteiger partial charge < -0.3 is 10.2 Å². The number of aliphatic hydroxyl groups is 2. The van der Waals surface area contributed by atoms with Crippen LogP contribution in [-0.4, -0.2) is 31.6 Å². The van der Waals surface area contributed by atoms with Crippen LogP contribution in [0.2, 0.25) is 5.02 Å². The number of nitrogens with zero attached hydrogens (tertiary/aromatic N) is 2. The smallest absolute Gasteiger partial charge is 0.306 e. The molecular formula is C8H8BrClN2O4. The summed E-state index contributed by atoms with van der Waals surface area (Å²) in [7, 11) is 0. The lowest BCUT2D eigenvalue weighted by atomic mass is 10.1. The SMILES string of the molecule is O=[N+]([O-])c1cncc(C(O)C(O)CBr)c1Cl. The quantitative estimate of drug-likeness (QED) is 0.498. The predicted molar refractivity (Wildman–Crippen MR) is 60.7 cm³/mol. The Hall–Kier alpha value is -0.760. The second kappa shape index (κ2) is 5.53. The van der Waals surface area contributed by atoms with Crippen LogP contribution >= 0.6 is 27.5 Å². The first-order valence-corrected chi connectivity index (χ1v) is 5.68. The second-order valence-corrected chi connectivity index (χ2v) is 4.01. The molecule has 1 rings (SSSR count). The molecule has 0 aliphatic heterocycles. The van der Waals surface area contributed by atoms with Crippen molar-refractivity contribution < 1.29 is 15.1 Å². The number of nitro groups is 1. The first-order chi connectivity index (χ1) is 7.49. The van der Waals surface area contributed by atoms with Crippen LogP contribution in [0, 0.1) is 10.1 Å². The Morgan fingerprint density at radius 2 is 2.19 bits per heavy atom. The monoisotopic (exact) mass is 310 g/mol. The van der Waals surface area contributed by atoms with Crippen LogP contribution in [0.25, 0.3) is 0 Å². The fourth-order valence-corrected chi connectivity index (χ4v) is 1.71. The molecule has 0 bridgehead atoms. The highest BCUT2D eigenvalue weighted by atomic mass is 79.9. The first kappa shape index (κ1) is 13.3. The van der Waals surface area contributed by atoms with Crippen LogP contribution in [0.1, 0.15) is 11.7 Å². The number of alkyl halides is 1. The van der Waals surface area contributed by atoms with Crippen LogP contribution in [0.5, 0.6) is 0 Å². The highest BCUT2D eigenvalue weighted by Crippen LogP contribution is 2.32. The lowest BCUT2D eigenvalue weighted by molar-refractivity contribution is -0.385. The van der Waals surface area contributed by atoms with E-state index in [1.165, 1.54) is 6.20 Å². The summed E-state index contributed by atoms with van der Waals surface area (Å²) in [6, 6.07) is 0. The molecule has 0 saturated carbocycles. The van der Waals surface area contributed by atoms with Gasteiger partial charge in [-0.3, -0.25) is 15.1 Å². The molecular weight excluding hydrogens is 303 g/mol. The molecule has 0 saturated heterocycles. The van der Waals surface area contributed by atoms with E-state index in [-0.39, 0.29) is 15.9 Å². The molecule has 0 spiro atoms. The largest absolute Gasteiger partial charge is 0.389 e. The van der Waals surface area contributed by atoms with E-state index in [4.69, 9.17) is 11.6 Å². The van der Waals surface area contributed by atoms with E-state index in [0.29, 0.717) is 0 Å². The van der Waals surface area contributed by atoms with E-state index in [1.54, 1.807) is 0 Å². The summed E-state index contributed by atoms with van der Waals surface area (Å²) in [5, 5.41) is 29.5. The number of hydrogen-bond donors (Lipinski definition) is 2. The first-order valence-electron chi connectivity index (χ1n) is 4.19. The minimum atomic E-state index is -1.32. The molecule has 88 valence electrons. The lowest BCUT2D eigenvalue weighted by Gasteiger charge is -2.16. The molecule has 2 N–H and O–H groups in total. The van der Waals surface area contributed by atoms with Gasteiger partial charge in [-0.2, -0.15) is 0 Å². The van der Waals surface area contributed by atoms with Crippen molar-refractivity contribution in [3.05, 3.63) is 33.1 Å². The zero-order valence-electron chi connectivity index (χ0n) is 7.88. The fraction of sp³-hybridized carbons (Fsp3) is 0.375. The Kier molecular flexibility index (Phi) is 4.60. The minimum Gasteiger partial charge on any atom is -0.389 e. The topological polar surface area (TPSA) is 96.5 Å². The number of rotatable bonds is 4. The minimum absolute atomic E-state index is 0.0304. The highest BCUT2D eigenvalue weighted by molar-refractivity contribution is 9.09. The molecule has 0 radical (unpaired) electrons. The summed E-state index contributed by atoms with van der Waals surface area (Å²) < 4.78 is 0. The molecule has 1 aromatic heterocycles. The van der Waals surface area contributed by atoms with E-state index in [1.807, 2.05) is 0 Å². The van der Waals surface area contributed by atoms with Crippen molar-refractivity contribution in [1.29, 1.82) is 0 Å². The average Bonchev–Trinajstić information content (AvgIpc) is 2.27. The van der Waals surface area contributed by atoms with Gasteiger partial charge in [-0.25, -0.2) is 0 Å². The van der Waals surface area contributed by atoms with Crippen molar-refractivity contribution in [2.24, 2.45) is 0 Å². The average molecular weight is 312 g/mol. The summed E-state index contributed by atoms with van der Waals surface area (Å²) in [6.45, 7) is 0. The van der Waals surface area contributed by atoms with Crippen LogP contribution in [0.4, 0.5) is 5.69 Å². The van der Waals surface area contributed by atoms with Gasteiger partial charge in [0.15, 0.2) is 0 Å². The molecule has 8 heteroatoms. The van der Waals surface area contributed by atoms with Crippen molar-refractivity contribution in [2.75, 3.05) is 5.33 Å². The Balaban J connectivity index is 3.15. The van der Waals surface area contributed by atoms with E-state index in [9.17, 15) is 20.3 Å². The van der Waals surface area contributed by atoms with Gasteiger partial charge in [0.2, 0.25) is 0 Å². The standard InChI is InChI=1S/C8H8BrClN2O4/c9-1-6(13)8(14)4-2-11-3-5(7(4)10)12(15)16/h2-3,6,8,13-14H,1H2. The Bertz CT molecular complexity index is 404. The zero-order chi connectivity index (χ0) is 12.3. The third-order valence-electron chi connectivity index (χ3n) is 1.93. The van der Waals surface area contributed by atoms with Gasteiger partial charge >= 0.3 is 5.69 Å². The van der Waals surface area contributed by atoms with Gasteiger partial charge in [0.25, 0.3) is 0 Å². The number of aromatic nitrogens is 1. The fourth-order valence-electron chi connectivity index (χ4n) is 1.07. The zero-order valence-corrected chi connectivity index (χ0v) is 10.2. The maximum Gasteiger partial charge on any atom is 0.306 e. The highest BCUT2D eigenvalue weighted by Gasteiger charge is 2.25. The molecule has 1 heterocycles. The lowest BCUT2D eigenvalue weighted by Crippen LogP contribution is -2.20. The van der Waals surface area contributed by atoms with Gasteiger partial charge in [-0.1, -0.05) is 27.5 Å². The van der Waals surface area contributed by atoms with Crippen LogP contribution in [0.3, 0.4) is 0 Å². The van der Waals surface area contributed by atoms with Gasteiger partial charge in [0.05, 0.1) is 11.0 Å². The predicted octanol–water partition coefficient (Wildman–Crippen LogP) is 1.43. The Labute approximate surface area is 104 Å². The summed E-state index contributed by atoms with van der Waals surface area (Å²) in [5.41, 5.74) is -0.372. The van der Waals surface area contributed by atoms with Gasteiger partial charge in [0.1, 0.15) is 17.3 Å². The summed E-state index contributed by atoms with van der Waals surface area (Å²) in [5.74, 6) is 0. The van der Waals surface area contributed by atoms with Crippen molar-refractivity contribution in [1.82, 2.24) is 4.98 Å². The summed E-state index contributed by atoms with van der Waals surface area (Å²) in [4.78, 5) is 13.5. The normalized spacial score (nSPS) is 14.5. The van der Waals surface area contributed by atoms with Gasteiger partial charge in [-0.15, -0.1) is 0 Å². The van der Waals surface area contributed by atoms with Crippen molar-refractivity contribution in [3.8, 4) is 0 Å². The number of pyridine rings is 1. The van der Waals surface area contributed by atoms with E-state index in [2.05, 4.69) is 20.9 Å². The second-order valence-electron chi connectivity index (χ2n) is 2.99. The third-order valence-corrected chi connectivity index (χ3v) is 3.00. The summed E-state index contributed by atoms with van der Waals surface area (Å²) >= 11 is 8.71. The molecule has 6 nitrogen and oxygen atoms in total. The van der Waals surface area contributed by atoms with Crippen LogP contribution < -0.4 is 0 Å². The van der Waals surface area contributed by atoms with Gasteiger partial charge in [0, 0.05) is 17.1 Å². The third kappa shape index (κ3) is 2.67. The van der Waals surface area contributed by atoms with Crippen molar-refractivity contribution in [2.45, 2.75) is 12.2 Å². The summed E-state index contributed by atoms with van der Waals surface area (Å²) in [6.07, 6.45) is -0.258. The number of hydrogen-bond acceptors (Lipinski definition) is 5. The van der Waals surface area contributed by atoms with Crippen LogP contribution in [-0.2, 0) is 0 Å². The molecule has 0 amide bonds. The molecule has 0 aliphatic carbocycles. The number of aliphatic hydroxyl groups excluding tert-OH is 2. The van der Waals surface area contributed by atoms with E-state index >= 15 is 0 Å². The number of halogens is 2.